The molecule has 2 aromatic carbocycles. The number of carboxylic acids is 1. The molecule has 41 heavy (non-hydrogen) atoms. The van der Waals surface area contributed by atoms with Crippen molar-refractivity contribution in [2.24, 2.45) is 5.92 Å². The number of pyridine rings is 1. The Bertz CT molecular complexity index is 1540. The molecular formula is C31H31ClN4O5. The fourth-order valence-electron chi connectivity index (χ4n) is 5.48. The van der Waals surface area contributed by atoms with E-state index in [0.29, 0.717) is 72.4 Å². The minimum atomic E-state index is -0.741. The van der Waals surface area contributed by atoms with E-state index in [4.69, 9.17) is 26.1 Å². The van der Waals surface area contributed by atoms with Gasteiger partial charge in [0.1, 0.15) is 6.10 Å². The molecule has 1 saturated carbocycles. The Kier molecular flexibility index (Phi) is 7.89. The molecule has 0 radical (unpaired) electrons. The maximum absolute atomic E-state index is 12.6. The molecule has 1 amide bonds. The van der Waals surface area contributed by atoms with Crippen LogP contribution in [0.3, 0.4) is 0 Å². The van der Waals surface area contributed by atoms with Crippen LogP contribution in [0.4, 0.5) is 0 Å². The number of fused-ring (bicyclic) bond motifs is 1. The molecule has 6 rings (SSSR count). The third kappa shape index (κ3) is 6.21. The van der Waals surface area contributed by atoms with E-state index in [1.165, 1.54) is 0 Å². The molecule has 3 N–H and O–H groups in total. The monoisotopic (exact) mass is 574 g/mol. The lowest BCUT2D eigenvalue weighted by molar-refractivity contribution is -0.143. The average Bonchev–Trinajstić information content (AvgIpc) is 3.38. The summed E-state index contributed by atoms with van der Waals surface area (Å²) in [6.45, 7) is 1.37. The third-order valence-electron chi connectivity index (χ3n) is 7.90. The number of carbonyl (C=O) groups is 2. The highest BCUT2D eigenvalue weighted by Crippen LogP contribution is 2.32. The van der Waals surface area contributed by atoms with Gasteiger partial charge in [0.05, 0.1) is 22.2 Å². The second kappa shape index (κ2) is 11.9. The van der Waals surface area contributed by atoms with E-state index in [0.717, 1.165) is 29.5 Å². The van der Waals surface area contributed by atoms with E-state index >= 15 is 0 Å². The molecule has 9 nitrogen and oxygen atoms in total. The van der Waals surface area contributed by atoms with Gasteiger partial charge in [0.2, 0.25) is 0 Å². The van der Waals surface area contributed by atoms with E-state index in [1.54, 1.807) is 6.07 Å². The number of rotatable bonds is 7. The number of imidazole rings is 1. The molecule has 2 aromatic heterocycles. The average molecular weight is 575 g/mol. The van der Waals surface area contributed by atoms with Crippen molar-refractivity contribution in [2.75, 3.05) is 13.2 Å². The molecule has 1 aliphatic heterocycles. The van der Waals surface area contributed by atoms with Crippen LogP contribution in [0.1, 0.15) is 48.9 Å². The van der Waals surface area contributed by atoms with Crippen LogP contribution in [0.5, 0.6) is 6.01 Å². The van der Waals surface area contributed by atoms with Gasteiger partial charge in [-0.05, 0) is 67.9 Å². The lowest BCUT2D eigenvalue weighted by Crippen LogP contribution is -2.38. The number of nitrogens with zero attached hydrogens (tertiary/aromatic N) is 2. The summed E-state index contributed by atoms with van der Waals surface area (Å²) in [5, 5.41) is 12.8. The summed E-state index contributed by atoms with van der Waals surface area (Å²) in [7, 11) is 0. The molecular weight excluding hydrogens is 544 g/mol. The van der Waals surface area contributed by atoms with Gasteiger partial charge in [-0.25, -0.2) is 4.98 Å². The van der Waals surface area contributed by atoms with Crippen LogP contribution in [0.25, 0.3) is 33.5 Å². The maximum Gasteiger partial charge on any atom is 0.306 e. The van der Waals surface area contributed by atoms with Crippen LogP contribution in [-0.4, -0.2) is 57.3 Å². The van der Waals surface area contributed by atoms with E-state index < -0.39 is 5.97 Å². The molecule has 0 atom stereocenters. The van der Waals surface area contributed by atoms with Crippen molar-refractivity contribution in [1.82, 2.24) is 20.3 Å². The number of amides is 1. The number of hydrogen-bond acceptors (Lipinski definition) is 6. The fourth-order valence-corrected chi connectivity index (χ4v) is 5.75. The van der Waals surface area contributed by atoms with Gasteiger partial charge >= 0.3 is 5.97 Å². The quantitative estimate of drug-likeness (QED) is 0.252. The van der Waals surface area contributed by atoms with Crippen LogP contribution in [0, 0.1) is 5.92 Å². The van der Waals surface area contributed by atoms with Crippen LogP contribution >= 0.6 is 11.6 Å². The summed E-state index contributed by atoms with van der Waals surface area (Å²) >= 11 is 6.61. The molecule has 0 bridgehead atoms. The van der Waals surface area contributed by atoms with Gasteiger partial charge in [-0.1, -0.05) is 48.0 Å². The molecule has 1 saturated heterocycles. The van der Waals surface area contributed by atoms with E-state index in [2.05, 4.69) is 15.3 Å². The molecule has 212 valence electrons. The first kappa shape index (κ1) is 27.2. The smallest absolute Gasteiger partial charge is 0.306 e. The lowest BCUT2D eigenvalue weighted by atomic mass is 9.87. The number of carbonyl (C=O) groups excluding carboxylic acids is 1. The zero-order chi connectivity index (χ0) is 28.3. The minimum Gasteiger partial charge on any atom is -0.481 e. The fraction of sp³-hybridized carbons (Fsp3) is 0.355. The highest BCUT2D eigenvalue weighted by atomic mass is 35.5. The minimum absolute atomic E-state index is 0.0626. The topological polar surface area (TPSA) is 126 Å². The lowest BCUT2D eigenvalue weighted by Gasteiger charge is -2.25. The number of aromatic amines is 1. The first-order valence-corrected chi connectivity index (χ1v) is 14.4. The Balaban J connectivity index is 1.12. The molecule has 2 fully saturated rings. The molecule has 10 heteroatoms. The van der Waals surface area contributed by atoms with Crippen molar-refractivity contribution >= 4 is 34.6 Å². The van der Waals surface area contributed by atoms with E-state index in [-0.39, 0.29) is 24.0 Å². The van der Waals surface area contributed by atoms with Crippen molar-refractivity contribution in [3.8, 4) is 28.4 Å². The van der Waals surface area contributed by atoms with Gasteiger partial charge in [-0.2, -0.15) is 4.98 Å². The maximum atomic E-state index is 12.6. The first-order valence-electron chi connectivity index (χ1n) is 14.0. The Morgan fingerprint density at radius 1 is 0.902 bits per heavy atom. The standard InChI is InChI=1S/C31H31ClN4O5/c32-25-17-26-28(36-31(34-26)41-24-11-9-22(10-12-24)30(38)39)35-27(25)20-5-1-18(2-6-20)19-3-7-21(8-4-19)29(37)33-23-13-15-40-16-14-23/h1-8,17,22-24H,9-16H2,(H,33,37)(H,38,39)(H,34,35,36). The van der Waals surface area contributed by atoms with Gasteiger partial charge in [0.25, 0.3) is 11.9 Å². The van der Waals surface area contributed by atoms with Crippen LogP contribution in [0.15, 0.2) is 54.6 Å². The number of benzene rings is 2. The number of nitrogens with one attached hydrogen (secondary N) is 2. The Morgan fingerprint density at radius 2 is 1.54 bits per heavy atom. The van der Waals surface area contributed by atoms with Gasteiger partial charge in [0.15, 0.2) is 5.65 Å². The summed E-state index contributed by atoms with van der Waals surface area (Å²) in [5.74, 6) is -1.10. The predicted molar refractivity (Wildman–Crippen MR) is 155 cm³/mol. The largest absolute Gasteiger partial charge is 0.481 e. The van der Waals surface area contributed by atoms with E-state index in [1.807, 2.05) is 48.5 Å². The molecule has 2 aliphatic rings. The predicted octanol–water partition coefficient (Wildman–Crippen LogP) is 5.88. The van der Waals surface area contributed by atoms with Gasteiger partial charge < -0.3 is 24.9 Å². The molecule has 1 aliphatic carbocycles. The number of hydrogen-bond donors (Lipinski definition) is 3. The number of ether oxygens (including phenoxy) is 2. The van der Waals surface area contributed by atoms with Crippen molar-refractivity contribution in [2.45, 2.75) is 50.7 Å². The molecule has 4 aromatic rings. The molecule has 3 heterocycles. The first-order chi connectivity index (χ1) is 19.9. The normalized spacial score (nSPS) is 19.6. The molecule has 0 spiro atoms. The van der Waals surface area contributed by atoms with Crippen molar-refractivity contribution in [1.29, 1.82) is 0 Å². The third-order valence-corrected chi connectivity index (χ3v) is 8.19. The summed E-state index contributed by atoms with van der Waals surface area (Å²) < 4.78 is 11.4. The molecule has 0 unspecified atom stereocenters. The number of halogens is 1. The van der Waals surface area contributed by atoms with Crippen molar-refractivity contribution < 1.29 is 24.2 Å². The zero-order valence-corrected chi connectivity index (χ0v) is 23.2. The Hall–Kier alpha value is -3.95. The summed E-state index contributed by atoms with van der Waals surface area (Å²) in [5.41, 5.74) is 5.28. The van der Waals surface area contributed by atoms with Crippen molar-refractivity contribution in [3.05, 3.63) is 65.2 Å². The number of H-pyrrole nitrogens is 1. The van der Waals surface area contributed by atoms with Crippen LogP contribution < -0.4 is 10.1 Å². The highest BCUT2D eigenvalue weighted by Gasteiger charge is 2.27. The number of carboxylic acid groups (broad SMARTS) is 1. The highest BCUT2D eigenvalue weighted by molar-refractivity contribution is 6.33. The van der Waals surface area contributed by atoms with Gasteiger partial charge in [0, 0.05) is 30.4 Å². The van der Waals surface area contributed by atoms with Gasteiger partial charge in [-0.3, -0.25) is 9.59 Å². The second-order valence-corrected chi connectivity index (χ2v) is 11.1. The van der Waals surface area contributed by atoms with Crippen molar-refractivity contribution in [3.63, 3.8) is 0 Å². The summed E-state index contributed by atoms with van der Waals surface area (Å²) in [6, 6.07) is 17.8. The Morgan fingerprint density at radius 3 is 2.20 bits per heavy atom. The van der Waals surface area contributed by atoms with Gasteiger partial charge in [-0.15, -0.1) is 0 Å². The summed E-state index contributed by atoms with van der Waals surface area (Å²) in [6.07, 6.45) is 4.14. The Labute approximate surface area is 242 Å². The SMILES string of the molecule is O=C(NC1CCOCC1)c1ccc(-c2ccc(-c3nc4nc(OC5CCC(C(=O)O)CC5)[nH]c4cc3Cl)cc2)cc1. The van der Waals surface area contributed by atoms with Crippen LogP contribution in [-0.2, 0) is 9.53 Å². The number of aromatic nitrogens is 3. The van der Waals surface area contributed by atoms with Crippen LogP contribution in [0.2, 0.25) is 5.02 Å². The van der Waals surface area contributed by atoms with E-state index in [9.17, 15) is 14.7 Å². The zero-order valence-electron chi connectivity index (χ0n) is 22.4. The summed E-state index contributed by atoms with van der Waals surface area (Å²) in [4.78, 5) is 36.2. The number of aliphatic carboxylic acids is 1. The second-order valence-electron chi connectivity index (χ2n) is 10.7.